The summed E-state index contributed by atoms with van der Waals surface area (Å²) in [7, 11) is 0. The maximum absolute atomic E-state index is 12.7. The lowest BCUT2D eigenvalue weighted by atomic mass is 10.1. The summed E-state index contributed by atoms with van der Waals surface area (Å²) in [5.74, 6) is -0.275. The first-order valence-corrected chi connectivity index (χ1v) is 8.75. The molecule has 0 aliphatic carbocycles. The molecule has 2 aromatic carbocycles. The number of imide groups is 1. The van der Waals surface area contributed by atoms with E-state index in [2.05, 4.69) is 5.32 Å². The smallest absolute Gasteiger partial charge is 0.417 e. The quantitative estimate of drug-likeness (QED) is 0.816. The molecule has 1 heterocycles. The molecule has 1 aliphatic rings. The van der Waals surface area contributed by atoms with Crippen LogP contribution in [0.25, 0.3) is 0 Å². The second kappa shape index (κ2) is 8.34. The van der Waals surface area contributed by atoms with E-state index in [0.29, 0.717) is 25.0 Å². The van der Waals surface area contributed by atoms with Gasteiger partial charge in [0.05, 0.1) is 0 Å². The molecule has 0 atom stereocenters. The first kappa shape index (κ1) is 17.7. The molecule has 0 saturated carbocycles. The third-order valence-corrected chi connectivity index (χ3v) is 4.30. The number of rotatable bonds is 5. The topological polar surface area (TPSA) is 58.6 Å². The highest BCUT2D eigenvalue weighted by Gasteiger charge is 2.34. The molecule has 0 aromatic heterocycles. The summed E-state index contributed by atoms with van der Waals surface area (Å²) < 4.78 is 5.29. The molecule has 1 saturated heterocycles. The fraction of sp³-hybridized carbons (Fsp3) is 0.238. The lowest BCUT2D eigenvalue weighted by Crippen LogP contribution is -2.33. The molecular formula is C21H22N2O3. The number of likely N-dealkylation sites (tertiary alicyclic amines) is 1. The van der Waals surface area contributed by atoms with Crippen LogP contribution in [0.15, 0.2) is 71.9 Å². The first-order chi connectivity index (χ1) is 12.7. The Hall–Kier alpha value is -3.08. The van der Waals surface area contributed by atoms with E-state index >= 15 is 0 Å². The summed E-state index contributed by atoms with van der Waals surface area (Å²) >= 11 is 0. The standard InChI is InChI=1S/C21H22N2O3/c1-2-19(22-17-11-7-4-8-12-17)18-13-14-23(20(18)24)21(25)26-15-16-9-5-3-6-10-16/h3-12,22H,2,13-15H2,1H3/b19-18-. The van der Waals surface area contributed by atoms with Gasteiger partial charge in [-0.15, -0.1) is 0 Å². The molecule has 0 radical (unpaired) electrons. The monoisotopic (exact) mass is 350 g/mol. The zero-order valence-electron chi connectivity index (χ0n) is 14.8. The summed E-state index contributed by atoms with van der Waals surface area (Å²) in [6, 6.07) is 19.1. The van der Waals surface area contributed by atoms with Gasteiger partial charge < -0.3 is 10.1 Å². The van der Waals surface area contributed by atoms with Crippen LogP contribution in [0, 0.1) is 0 Å². The Morgan fingerprint density at radius 3 is 2.38 bits per heavy atom. The number of carbonyl (C=O) groups is 2. The molecule has 5 nitrogen and oxygen atoms in total. The maximum Gasteiger partial charge on any atom is 0.417 e. The van der Waals surface area contributed by atoms with Crippen LogP contribution in [0.1, 0.15) is 25.3 Å². The fourth-order valence-electron chi connectivity index (χ4n) is 2.92. The van der Waals surface area contributed by atoms with E-state index in [9.17, 15) is 9.59 Å². The van der Waals surface area contributed by atoms with E-state index in [1.165, 1.54) is 4.90 Å². The van der Waals surface area contributed by atoms with Crippen molar-refractivity contribution in [3.05, 3.63) is 77.5 Å². The molecular weight excluding hydrogens is 328 g/mol. The summed E-state index contributed by atoms with van der Waals surface area (Å²) in [6.07, 6.45) is 0.620. The van der Waals surface area contributed by atoms with Gasteiger partial charge in [-0.2, -0.15) is 0 Å². The van der Waals surface area contributed by atoms with Crippen LogP contribution in [0.3, 0.4) is 0 Å². The van der Waals surface area contributed by atoms with Crippen molar-refractivity contribution in [1.82, 2.24) is 4.90 Å². The van der Waals surface area contributed by atoms with Gasteiger partial charge in [0.1, 0.15) is 6.61 Å². The number of nitrogens with one attached hydrogen (secondary N) is 1. The Morgan fingerprint density at radius 2 is 1.73 bits per heavy atom. The Morgan fingerprint density at radius 1 is 1.08 bits per heavy atom. The van der Waals surface area contributed by atoms with Crippen LogP contribution >= 0.6 is 0 Å². The van der Waals surface area contributed by atoms with Gasteiger partial charge in [0, 0.05) is 23.5 Å². The molecule has 1 N–H and O–H groups in total. The zero-order chi connectivity index (χ0) is 18.4. The fourth-order valence-corrected chi connectivity index (χ4v) is 2.92. The predicted molar refractivity (Wildman–Crippen MR) is 100 cm³/mol. The molecule has 0 unspecified atom stereocenters. The number of anilines is 1. The molecule has 1 fully saturated rings. The van der Waals surface area contributed by atoms with Gasteiger partial charge in [-0.1, -0.05) is 55.5 Å². The third-order valence-electron chi connectivity index (χ3n) is 4.30. The minimum atomic E-state index is -0.594. The number of para-hydroxylation sites is 1. The van der Waals surface area contributed by atoms with Crippen molar-refractivity contribution in [3.8, 4) is 0 Å². The van der Waals surface area contributed by atoms with Gasteiger partial charge in [0.15, 0.2) is 0 Å². The number of allylic oxidation sites excluding steroid dienone is 1. The number of ether oxygens (including phenoxy) is 1. The van der Waals surface area contributed by atoms with E-state index < -0.39 is 6.09 Å². The second-order valence-electron chi connectivity index (χ2n) is 6.05. The molecule has 0 bridgehead atoms. The second-order valence-corrected chi connectivity index (χ2v) is 6.05. The van der Waals surface area contributed by atoms with E-state index in [1.807, 2.05) is 67.6 Å². The minimum absolute atomic E-state index is 0.158. The van der Waals surface area contributed by atoms with Gasteiger partial charge in [-0.25, -0.2) is 9.69 Å². The summed E-state index contributed by atoms with van der Waals surface area (Å²) in [5, 5.41) is 3.30. The molecule has 5 heteroatoms. The lowest BCUT2D eigenvalue weighted by Gasteiger charge is -2.15. The van der Waals surface area contributed by atoms with Crippen LogP contribution in [0.2, 0.25) is 0 Å². The van der Waals surface area contributed by atoms with Gasteiger partial charge in [-0.3, -0.25) is 4.79 Å². The highest BCUT2D eigenvalue weighted by molar-refractivity contribution is 6.05. The highest BCUT2D eigenvalue weighted by atomic mass is 16.6. The number of nitrogens with zero attached hydrogens (tertiary/aromatic N) is 1. The number of amides is 2. The van der Waals surface area contributed by atoms with Gasteiger partial charge >= 0.3 is 6.09 Å². The van der Waals surface area contributed by atoms with Crippen molar-refractivity contribution < 1.29 is 14.3 Å². The van der Waals surface area contributed by atoms with Crippen LogP contribution in [0.5, 0.6) is 0 Å². The van der Waals surface area contributed by atoms with Crippen molar-refractivity contribution in [3.63, 3.8) is 0 Å². The molecule has 3 rings (SSSR count). The van der Waals surface area contributed by atoms with E-state index in [0.717, 1.165) is 16.9 Å². The lowest BCUT2D eigenvalue weighted by molar-refractivity contribution is -0.123. The third kappa shape index (κ3) is 4.11. The molecule has 2 aromatic rings. The number of hydrogen-bond acceptors (Lipinski definition) is 4. The normalized spacial score (nSPS) is 15.7. The Balaban J connectivity index is 1.66. The van der Waals surface area contributed by atoms with Gasteiger partial charge in [0.2, 0.25) is 0 Å². The zero-order valence-corrected chi connectivity index (χ0v) is 14.8. The average molecular weight is 350 g/mol. The van der Waals surface area contributed by atoms with Crippen molar-refractivity contribution in [2.75, 3.05) is 11.9 Å². The first-order valence-electron chi connectivity index (χ1n) is 8.75. The molecule has 2 amide bonds. The van der Waals surface area contributed by atoms with E-state index in [1.54, 1.807) is 0 Å². The number of benzene rings is 2. The Labute approximate surface area is 153 Å². The molecule has 26 heavy (non-hydrogen) atoms. The van der Waals surface area contributed by atoms with Crippen LogP contribution in [0.4, 0.5) is 10.5 Å². The maximum atomic E-state index is 12.7. The van der Waals surface area contributed by atoms with Crippen LogP contribution < -0.4 is 5.32 Å². The number of carbonyl (C=O) groups excluding carboxylic acids is 2. The predicted octanol–water partition coefficient (Wildman–Crippen LogP) is 4.33. The summed E-state index contributed by atoms with van der Waals surface area (Å²) in [6.45, 7) is 2.50. The van der Waals surface area contributed by atoms with Gasteiger partial charge in [0.25, 0.3) is 5.91 Å². The van der Waals surface area contributed by atoms with E-state index in [-0.39, 0.29) is 12.5 Å². The SMILES string of the molecule is CC/C(Nc1ccccc1)=C1\CCN(C(=O)OCc2ccccc2)C1=O. The highest BCUT2D eigenvalue weighted by Crippen LogP contribution is 2.25. The van der Waals surface area contributed by atoms with E-state index in [4.69, 9.17) is 4.74 Å². The summed E-state index contributed by atoms with van der Waals surface area (Å²) in [5.41, 5.74) is 3.31. The Bertz CT molecular complexity index is 801. The van der Waals surface area contributed by atoms with Crippen molar-refractivity contribution in [2.45, 2.75) is 26.4 Å². The summed E-state index contributed by atoms with van der Waals surface area (Å²) in [4.78, 5) is 26.1. The van der Waals surface area contributed by atoms with Crippen molar-refractivity contribution in [1.29, 1.82) is 0 Å². The minimum Gasteiger partial charge on any atom is -0.444 e. The Kier molecular flexibility index (Phi) is 5.69. The van der Waals surface area contributed by atoms with Gasteiger partial charge in [-0.05, 0) is 30.5 Å². The molecule has 1 aliphatic heterocycles. The average Bonchev–Trinajstić information content (AvgIpc) is 3.07. The van der Waals surface area contributed by atoms with Crippen LogP contribution in [-0.4, -0.2) is 23.4 Å². The van der Waals surface area contributed by atoms with Crippen molar-refractivity contribution in [2.24, 2.45) is 0 Å². The van der Waals surface area contributed by atoms with Crippen molar-refractivity contribution >= 4 is 17.7 Å². The largest absolute Gasteiger partial charge is 0.444 e. The molecule has 0 spiro atoms. The molecule has 134 valence electrons. The van der Waals surface area contributed by atoms with Crippen LogP contribution in [-0.2, 0) is 16.1 Å². The number of hydrogen-bond donors (Lipinski definition) is 1.